The van der Waals surface area contributed by atoms with E-state index in [1.54, 1.807) is 7.11 Å². The van der Waals surface area contributed by atoms with Gasteiger partial charge in [-0.2, -0.15) is 0 Å². The number of anilines is 2. The zero-order chi connectivity index (χ0) is 13.4. The van der Waals surface area contributed by atoms with E-state index in [1.807, 2.05) is 0 Å². The average molecular weight is 253 g/mol. The number of nitrogen functional groups attached to an aromatic ring is 1. The molecule has 0 aliphatic heterocycles. The van der Waals surface area contributed by atoms with Gasteiger partial charge < -0.3 is 15.5 Å². The second-order valence-electron chi connectivity index (χ2n) is 4.39. The van der Waals surface area contributed by atoms with Crippen LogP contribution in [0.5, 0.6) is 0 Å². The van der Waals surface area contributed by atoms with E-state index in [0.29, 0.717) is 11.7 Å². The predicted octanol–water partition coefficient (Wildman–Crippen LogP) is 1.41. The number of nitrogens with two attached hydrogens (primary N) is 1. The molecule has 0 saturated carbocycles. The summed E-state index contributed by atoms with van der Waals surface area (Å²) in [4.78, 5) is 8.41. The highest BCUT2D eigenvalue weighted by molar-refractivity contribution is 5.56. The molecule has 0 bridgehead atoms. The number of aromatic nitrogens is 2. The zero-order valence-electron chi connectivity index (χ0n) is 11.4. The average Bonchev–Trinajstić information content (AvgIpc) is 2.38. The monoisotopic (exact) mass is 253 g/mol. The number of hydrogen-bond donors (Lipinski definition) is 3. The number of hydrogen-bond acceptors (Lipinski definition) is 6. The van der Waals surface area contributed by atoms with E-state index >= 15 is 0 Å². The number of hydrazine groups is 1. The minimum atomic E-state index is 0.425. The molecule has 1 aromatic rings. The molecule has 1 atom stereocenters. The highest BCUT2D eigenvalue weighted by atomic mass is 16.5. The fourth-order valence-electron chi connectivity index (χ4n) is 1.79. The van der Waals surface area contributed by atoms with E-state index in [0.717, 1.165) is 37.4 Å². The first kappa shape index (κ1) is 14.7. The Balaban J connectivity index is 2.74. The lowest BCUT2D eigenvalue weighted by atomic mass is 10.1. The Kier molecular flexibility index (Phi) is 6.38. The molecule has 1 unspecified atom stereocenters. The number of nitrogens with one attached hydrogen (secondary N) is 2. The zero-order valence-corrected chi connectivity index (χ0v) is 11.4. The smallest absolute Gasteiger partial charge is 0.148 e. The molecule has 1 rings (SSSR count). The highest BCUT2D eigenvalue weighted by Crippen LogP contribution is 2.20. The van der Waals surface area contributed by atoms with E-state index in [4.69, 9.17) is 10.6 Å². The molecule has 0 radical (unpaired) electrons. The number of ether oxygens (including phenoxy) is 1. The molecular formula is C12H23N5O. The summed E-state index contributed by atoms with van der Waals surface area (Å²) in [6.07, 6.45) is 3.42. The van der Waals surface area contributed by atoms with Crippen molar-refractivity contribution in [3.8, 4) is 0 Å². The van der Waals surface area contributed by atoms with Crippen LogP contribution in [0, 0.1) is 5.92 Å². The van der Waals surface area contributed by atoms with Gasteiger partial charge in [0.05, 0.1) is 6.61 Å². The molecule has 18 heavy (non-hydrogen) atoms. The minimum absolute atomic E-state index is 0.425. The number of rotatable bonds is 8. The fraction of sp³-hybridized carbons (Fsp3) is 0.667. The lowest BCUT2D eigenvalue weighted by molar-refractivity contribution is 0.164. The van der Waals surface area contributed by atoms with E-state index in [-0.39, 0.29) is 0 Å². The van der Waals surface area contributed by atoms with E-state index < -0.39 is 0 Å². The molecule has 0 fully saturated rings. The number of nitrogens with zero attached hydrogens (tertiary/aromatic N) is 2. The Morgan fingerprint density at radius 3 is 2.72 bits per heavy atom. The summed E-state index contributed by atoms with van der Waals surface area (Å²) in [6, 6.07) is 0. The van der Waals surface area contributed by atoms with Gasteiger partial charge in [-0.1, -0.05) is 20.3 Å². The largest absolute Gasteiger partial charge is 0.384 e. The number of methoxy groups -OCH3 is 1. The third-order valence-electron chi connectivity index (χ3n) is 2.65. The van der Waals surface area contributed by atoms with E-state index in [2.05, 4.69) is 34.6 Å². The molecule has 4 N–H and O–H groups in total. The molecule has 1 aromatic heterocycles. The van der Waals surface area contributed by atoms with Gasteiger partial charge in [0, 0.05) is 19.2 Å². The molecule has 102 valence electrons. The maximum Gasteiger partial charge on any atom is 0.148 e. The van der Waals surface area contributed by atoms with Crippen molar-refractivity contribution in [1.29, 1.82) is 0 Å². The molecule has 1 heterocycles. The van der Waals surface area contributed by atoms with Crippen LogP contribution in [0.25, 0.3) is 0 Å². The second kappa shape index (κ2) is 7.84. The summed E-state index contributed by atoms with van der Waals surface area (Å²) >= 11 is 0. The predicted molar refractivity (Wildman–Crippen MR) is 73.4 cm³/mol. The van der Waals surface area contributed by atoms with E-state index in [1.165, 1.54) is 6.33 Å². The summed E-state index contributed by atoms with van der Waals surface area (Å²) in [5.74, 6) is 7.43. The summed E-state index contributed by atoms with van der Waals surface area (Å²) in [5.41, 5.74) is 3.65. The van der Waals surface area contributed by atoms with Crippen molar-refractivity contribution in [2.24, 2.45) is 11.8 Å². The Hall–Kier alpha value is -1.40. The summed E-state index contributed by atoms with van der Waals surface area (Å²) in [5, 5.41) is 3.33. The Bertz CT molecular complexity index is 358. The van der Waals surface area contributed by atoms with Gasteiger partial charge in [-0.05, 0) is 12.3 Å². The van der Waals surface area contributed by atoms with Crippen molar-refractivity contribution in [2.75, 3.05) is 31.0 Å². The standard InChI is InChI=1S/C12H23N5O/c1-4-5-10-11(14-6-9(2)7-18-3)15-8-16-12(10)17-13/h8-9H,4-7,13H2,1-3H3,(H2,14,15,16,17). The van der Waals surface area contributed by atoms with Crippen molar-refractivity contribution in [3.63, 3.8) is 0 Å². The molecule has 0 aliphatic rings. The van der Waals surface area contributed by atoms with Crippen molar-refractivity contribution in [3.05, 3.63) is 11.9 Å². The fourth-order valence-corrected chi connectivity index (χ4v) is 1.79. The maximum atomic E-state index is 5.47. The van der Waals surface area contributed by atoms with Gasteiger partial charge in [0.15, 0.2) is 0 Å². The second-order valence-corrected chi connectivity index (χ2v) is 4.39. The molecule has 0 saturated heterocycles. The lowest BCUT2D eigenvalue weighted by Crippen LogP contribution is -2.19. The van der Waals surface area contributed by atoms with Gasteiger partial charge in [-0.15, -0.1) is 0 Å². The van der Waals surface area contributed by atoms with Gasteiger partial charge >= 0.3 is 0 Å². The third kappa shape index (κ3) is 4.12. The Morgan fingerprint density at radius 2 is 2.11 bits per heavy atom. The minimum Gasteiger partial charge on any atom is -0.384 e. The van der Waals surface area contributed by atoms with E-state index in [9.17, 15) is 0 Å². The van der Waals surface area contributed by atoms with Crippen molar-refractivity contribution in [1.82, 2.24) is 9.97 Å². The van der Waals surface area contributed by atoms with Gasteiger partial charge in [-0.25, -0.2) is 15.8 Å². The van der Waals surface area contributed by atoms with Crippen LogP contribution in [0.2, 0.25) is 0 Å². The summed E-state index contributed by atoms with van der Waals surface area (Å²) in [7, 11) is 1.71. The highest BCUT2D eigenvalue weighted by Gasteiger charge is 2.10. The van der Waals surface area contributed by atoms with Crippen LogP contribution >= 0.6 is 0 Å². The topological polar surface area (TPSA) is 85.1 Å². The first-order chi connectivity index (χ1) is 8.72. The quantitative estimate of drug-likeness (QED) is 0.480. The molecule has 0 amide bonds. The third-order valence-corrected chi connectivity index (χ3v) is 2.65. The molecule has 6 heteroatoms. The normalized spacial score (nSPS) is 12.2. The maximum absolute atomic E-state index is 5.47. The summed E-state index contributed by atoms with van der Waals surface area (Å²) < 4.78 is 5.11. The lowest BCUT2D eigenvalue weighted by Gasteiger charge is -2.16. The van der Waals surface area contributed by atoms with Gasteiger partial charge in [0.1, 0.15) is 18.0 Å². The SMILES string of the molecule is CCCc1c(NN)ncnc1NCC(C)COC. The Labute approximate surface area is 108 Å². The van der Waals surface area contributed by atoms with Crippen molar-refractivity contribution < 1.29 is 4.74 Å². The van der Waals surface area contributed by atoms with Crippen LogP contribution in [0.1, 0.15) is 25.8 Å². The summed E-state index contributed by atoms with van der Waals surface area (Å²) in [6.45, 7) is 5.78. The Morgan fingerprint density at radius 1 is 1.39 bits per heavy atom. The van der Waals surface area contributed by atoms with Gasteiger partial charge in [-0.3, -0.25) is 0 Å². The molecule has 0 aliphatic carbocycles. The van der Waals surface area contributed by atoms with Crippen LogP contribution in [0.4, 0.5) is 11.6 Å². The molecular weight excluding hydrogens is 230 g/mol. The first-order valence-electron chi connectivity index (χ1n) is 6.26. The molecule has 0 spiro atoms. The van der Waals surface area contributed by atoms with Crippen molar-refractivity contribution >= 4 is 11.6 Å². The van der Waals surface area contributed by atoms with Crippen LogP contribution < -0.4 is 16.6 Å². The van der Waals surface area contributed by atoms with Crippen LogP contribution in [-0.4, -0.2) is 30.2 Å². The van der Waals surface area contributed by atoms with Gasteiger partial charge in [0.25, 0.3) is 0 Å². The first-order valence-corrected chi connectivity index (χ1v) is 6.26. The van der Waals surface area contributed by atoms with Gasteiger partial charge in [0.2, 0.25) is 0 Å². The van der Waals surface area contributed by atoms with Crippen LogP contribution in [0.3, 0.4) is 0 Å². The van der Waals surface area contributed by atoms with Crippen LogP contribution in [0.15, 0.2) is 6.33 Å². The molecule has 6 nitrogen and oxygen atoms in total. The van der Waals surface area contributed by atoms with Crippen LogP contribution in [-0.2, 0) is 11.2 Å². The van der Waals surface area contributed by atoms with Crippen molar-refractivity contribution in [2.45, 2.75) is 26.7 Å². The molecule has 0 aromatic carbocycles.